The third kappa shape index (κ3) is 15.3. The molecule has 1 saturated heterocycles. The second-order valence-corrected chi connectivity index (χ2v) is 12.6. The summed E-state index contributed by atoms with van der Waals surface area (Å²) in [4.78, 5) is 78.1. The standard InChI is InChI=1S/C27H44N10O7.C7H8/c1-28-15-24(40)32-20-5-2-3-9-29-22(38)8-7-19-17-36(34-33-19)14-13-35(18-25(41)42)12-10-30-23(39)16-31-26(43)21-6-4-11-37(21)27(20)44;1-7-5-3-2-4-6-7/h17,20-21,28H,2-16,18H2,1H3,(H,29,38)(H,30,39)(H,31,43)(H,32,40)(H,41,42);2-6H,1H3/t20?,21-;/m0./s1. The van der Waals surface area contributed by atoms with Gasteiger partial charge < -0.3 is 36.6 Å². The number of likely N-dealkylation sites (N-methyl/N-ethyl adjacent to an activating group) is 1. The van der Waals surface area contributed by atoms with Crippen LogP contribution < -0.4 is 26.6 Å². The molecule has 6 N–H and O–H groups in total. The number of hydrogen-bond acceptors (Lipinski definition) is 10. The maximum absolute atomic E-state index is 13.5. The molecule has 2 aliphatic rings. The Bertz CT molecular complexity index is 1440. The van der Waals surface area contributed by atoms with Crippen LogP contribution >= 0.6 is 0 Å². The lowest BCUT2D eigenvalue weighted by Crippen LogP contribution is -2.55. The Hall–Kier alpha value is -4.90. The summed E-state index contributed by atoms with van der Waals surface area (Å²) < 4.78 is 1.58. The van der Waals surface area contributed by atoms with E-state index < -0.39 is 29.9 Å². The predicted molar refractivity (Wildman–Crippen MR) is 187 cm³/mol. The molecule has 0 aliphatic carbocycles. The van der Waals surface area contributed by atoms with Crippen molar-refractivity contribution in [3.8, 4) is 0 Å². The molecule has 2 atom stereocenters. The van der Waals surface area contributed by atoms with Gasteiger partial charge in [-0.25, -0.2) is 0 Å². The molecule has 2 bridgehead atoms. The van der Waals surface area contributed by atoms with E-state index in [9.17, 15) is 33.9 Å². The predicted octanol–water partition coefficient (Wildman–Crippen LogP) is -1.18. The number of carboxylic acids is 1. The van der Waals surface area contributed by atoms with E-state index in [2.05, 4.69) is 56.0 Å². The van der Waals surface area contributed by atoms with Crippen LogP contribution in [0.4, 0.5) is 0 Å². The highest BCUT2D eigenvalue weighted by molar-refractivity contribution is 5.94. The number of carbonyl (C=O) groups excluding carboxylic acids is 5. The number of nitrogens with one attached hydrogen (secondary N) is 5. The van der Waals surface area contributed by atoms with Crippen LogP contribution in [-0.4, -0.2) is 137 Å². The molecule has 280 valence electrons. The summed E-state index contributed by atoms with van der Waals surface area (Å²) in [6, 6.07) is 8.66. The molecule has 0 radical (unpaired) electrons. The first-order valence-corrected chi connectivity index (χ1v) is 17.5. The minimum Gasteiger partial charge on any atom is -0.480 e. The van der Waals surface area contributed by atoms with Crippen LogP contribution in [0.25, 0.3) is 0 Å². The fourth-order valence-electron chi connectivity index (χ4n) is 5.70. The van der Waals surface area contributed by atoms with Crippen LogP contribution in [0.5, 0.6) is 0 Å². The zero-order chi connectivity index (χ0) is 37.0. The van der Waals surface area contributed by atoms with Crippen molar-refractivity contribution in [2.75, 3.05) is 59.4 Å². The quantitative estimate of drug-likeness (QED) is 0.217. The molecule has 2 aromatic rings. The Morgan fingerprint density at radius 2 is 1.67 bits per heavy atom. The number of nitrogens with zero attached hydrogens (tertiary/aromatic N) is 5. The molecule has 1 fully saturated rings. The van der Waals surface area contributed by atoms with Gasteiger partial charge in [0.25, 0.3) is 0 Å². The van der Waals surface area contributed by atoms with Crippen molar-refractivity contribution in [1.82, 2.24) is 51.4 Å². The highest BCUT2D eigenvalue weighted by atomic mass is 16.4. The molecule has 1 aromatic heterocycles. The minimum absolute atomic E-state index is 0.0285. The Morgan fingerprint density at radius 3 is 2.37 bits per heavy atom. The van der Waals surface area contributed by atoms with Crippen molar-refractivity contribution in [2.45, 2.75) is 70.5 Å². The van der Waals surface area contributed by atoms with E-state index in [-0.39, 0.29) is 56.9 Å². The number of aryl methyl sites for hydroxylation is 2. The van der Waals surface area contributed by atoms with E-state index in [1.165, 1.54) is 10.5 Å². The van der Waals surface area contributed by atoms with Crippen LogP contribution in [0.15, 0.2) is 36.5 Å². The number of aliphatic carboxylic acids is 1. The Morgan fingerprint density at radius 1 is 0.902 bits per heavy atom. The van der Waals surface area contributed by atoms with Crippen molar-refractivity contribution in [2.24, 2.45) is 0 Å². The van der Waals surface area contributed by atoms with Gasteiger partial charge in [0.1, 0.15) is 12.1 Å². The number of amides is 5. The van der Waals surface area contributed by atoms with Crippen molar-refractivity contribution >= 4 is 35.5 Å². The molecular weight excluding hydrogens is 660 g/mol. The summed E-state index contributed by atoms with van der Waals surface area (Å²) in [5, 5.41) is 31.1. The fourth-order valence-corrected chi connectivity index (χ4v) is 5.70. The second kappa shape index (κ2) is 22.0. The van der Waals surface area contributed by atoms with E-state index in [1.54, 1.807) is 22.8 Å². The number of carboxylic acid groups (broad SMARTS) is 1. The minimum atomic E-state index is -1.02. The lowest BCUT2D eigenvalue weighted by Gasteiger charge is -2.29. The van der Waals surface area contributed by atoms with Crippen LogP contribution in [0.3, 0.4) is 0 Å². The van der Waals surface area contributed by atoms with E-state index >= 15 is 0 Å². The molecule has 0 saturated carbocycles. The summed E-state index contributed by atoms with van der Waals surface area (Å²) in [7, 11) is 1.62. The maximum atomic E-state index is 13.5. The van der Waals surface area contributed by atoms with Crippen LogP contribution in [0.2, 0.25) is 0 Å². The number of fused-ring (bicyclic) bond motifs is 3. The Balaban J connectivity index is 0.000000892. The van der Waals surface area contributed by atoms with Crippen LogP contribution in [-0.2, 0) is 41.7 Å². The number of hydrogen-bond donors (Lipinski definition) is 6. The first kappa shape index (κ1) is 40.5. The first-order valence-electron chi connectivity index (χ1n) is 17.5. The third-order valence-corrected chi connectivity index (χ3v) is 8.36. The fraction of sp³-hybridized carbons (Fsp3) is 0.588. The highest BCUT2D eigenvalue weighted by Gasteiger charge is 2.37. The molecule has 2 aliphatic heterocycles. The van der Waals surface area contributed by atoms with Gasteiger partial charge in [-0.1, -0.05) is 41.1 Å². The smallest absolute Gasteiger partial charge is 0.317 e. The Labute approximate surface area is 298 Å². The normalized spacial score (nSPS) is 20.6. The number of carbonyl (C=O) groups is 6. The zero-order valence-corrected chi connectivity index (χ0v) is 29.6. The summed E-state index contributed by atoms with van der Waals surface area (Å²) >= 11 is 0. The number of aromatic nitrogens is 3. The van der Waals surface area contributed by atoms with E-state index in [1.807, 2.05) is 18.2 Å². The monoisotopic (exact) mass is 712 g/mol. The topological polar surface area (TPSA) is 220 Å². The number of rotatable bonds is 5. The molecular formula is C34H52N10O7. The lowest BCUT2D eigenvalue weighted by atomic mass is 10.1. The van der Waals surface area contributed by atoms with Gasteiger partial charge in [-0.15, -0.1) is 5.10 Å². The summed E-state index contributed by atoms with van der Waals surface area (Å²) in [5.74, 6) is -2.79. The van der Waals surface area contributed by atoms with Gasteiger partial charge in [0.2, 0.25) is 29.5 Å². The largest absolute Gasteiger partial charge is 0.480 e. The Kier molecular flexibility index (Phi) is 17.5. The average molecular weight is 713 g/mol. The molecule has 1 unspecified atom stereocenters. The van der Waals surface area contributed by atoms with Crippen LogP contribution in [0, 0.1) is 6.92 Å². The van der Waals surface area contributed by atoms with Gasteiger partial charge in [-0.05, 0) is 46.1 Å². The van der Waals surface area contributed by atoms with Gasteiger partial charge >= 0.3 is 5.97 Å². The third-order valence-electron chi connectivity index (χ3n) is 8.36. The number of benzene rings is 1. The molecule has 51 heavy (non-hydrogen) atoms. The summed E-state index contributed by atoms with van der Waals surface area (Å²) in [6.07, 6.45) is 4.81. The van der Waals surface area contributed by atoms with E-state index in [0.29, 0.717) is 70.4 Å². The van der Waals surface area contributed by atoms with Crippen molar-refractivity contribution in [3.05, 3.63) is 47.8 Å². The molecule has 17 heteroatoms. The summed E-state index contributed by atoms with van der Waals surface area (Å²) in [6.45, 7) is 3.43. The molecule has 4 rings (SSSR count). The SMILES string of the molecule is CNCC(=O)NC1CCCCNC(=O)CCc2cn(nn2)CCN(CC(=O)O)CCNC(=O)CNC(=O)[C@@H]2CCCN2C1=O.Cc1ccccc1. The van der Waals surface area contributed by atoms with Gasteiger partial charge in [0, 0.05) is 51.8 Å². The maximum Gasteiger partial charge on any atom is 0.317 e. The molecule has 1 aromatic carbocycles. The van der Waals surface area contributed by atoms with Gasteiger partial charge in [-0.2, -0.15) is 0 Å². The molecule has 17 nitrogen and oxygen atoms in total. The average Bonchev–Trinajstić information content (AvgIpc) is 3.78. The first-order chi connectivity index (χ1) is 24.5. The highest BCUT2D eigenvalue weighted by Crippen LogP contribution is 2.20. The zero-order valence-electron chi connectivity index (χ0n) is 29.6. The lowest BCUT2D eigenvalue weighted by molar-refractivity contribution is -0.141. The van der Waals surface area contributed by atoms with Crippen molar-refractivity contribution in [3.63, 3.8) is 0 Å². The summed E-state index contributed by atoms with van der Waals surface area (Å²) in [5.41, 5.74) is 1.95. The van der Waals surface area contributed by atoms with Crippen molar-refractivity contribution < 1.29 is 33.9 Å². The van der Waals surface area contributed by atoms with Gasteiger partial charge in [0.15, 0.2) is 0 Å². The van der Waals surface area contributed by atoms with Crippen molar-refractivity contribution in [1.29, 1.82) is 0 Å². The van der Waals surface area contributed by atoms with Gasteiger partial charge in [0.05, 0.1) is 31.9 Å². The van der Waals surface area contributed by atoms with E-state index in [0.717, 1.165) is 0 Å². The van der Waals surface area contributed by atoms with Gasteiger partial charge in [-0.3, -0.25) is 38.3 Å². The molecule has 0 spiro atoms. The van der Waals surface area contributed by atoms with Crippen LogP contribution in [0.1, 0.15) is 49.8 Å². The molecule has 5 amide bonds. The molecule has 3 heterocycles. The second-order valence-electron chi connectivity index (χ2n) is 12.6. The van der Waals surface area contributed by atoms with E-state index in [4.69, 9.17) is 0 Å².